The second-order valence-corrected chi connectivity index (χ2v) is 7.49. The van der Waals surface area contributed by atoms with Crippen molar-refractivity contribution in [3.8, 4) is 11.1 Å². The first kappa shape index (κ1) is 18.4. The lowest BCUT2D eigenvalue weighted by Crippen LogP contribution is -2.18. The number of aromatic nitrogens is 4. The quantitative estimate of drug-likeness (QED) is 0.429. The Balaban J connectivity index is 1.61. The SMILES string of the molecule is CC(C)n1cnc2c(N(C)Cc3ccc(-c4ccccc4)cc3)nc(Cl)nc21. The van der Waals surface area contributed by atoms with Gasteiger partial charge >= 0.3 is 0 Å². The number of hydrogen-bond donors (Lipinski definition) is 0. The van der Waals surface area contributed by atoms with Crippen molar-refractivity contribution in [1.29, 1.82) is 0 Å². The number of rotatable bonds is 5. The molecule has 0 N–H and O–H groups in total. The third-order valence-corrected chi connectivity index (χ3v) is 4.94. The zero-order valence-electron chi connectivity index (χ0n) is 16.2. The molecule has 0 radical (unpaired) electrons. The van der Waals surface area contributed by atoms with E-state index in [4.69, 9.17) is 11.6 Å². The number of hydrogen-bond acceptors (Lipinski definition) is 4. The minimum absolute atomic E-state index is 0.233. The van der Waals surface area contributed by atoms with Crippen LogP contribution in [-0.2, 0) is 6.54 Å². The summed E-state index contributed by atoms with van der Waals surface area (Å²) in [6.45, 7) is 4.88. The molecule has 142 valence electrons. The van der Waals surface area contributed by atoms with Gasteiger partial charge < -0.3 is 9.47 Å². The Kier molecular flexibility index (Phi) is 5.01. The normalized spacial score (nSPS) is 11.3. The van der Waals surface area contributed by atoms with Crippen LogP contribution in [0.2, 0.25) is 5.28 Å². The highest BCUT2D eigenvalue weighted by Gasteiger charge is 2.17. The third kappa shape index (κ3) is 3.58. The van der Waals surface area contributed by atoms with E-state index in [1.807, 2.05) is 17.7 Å². The van der Waals surface area contributed by atoms with Gasteiger partial charge in [0.05, 0.1) is 6.33 Å². The first-order valence-corrected chi connectivity index (χ1v) is 9.66. The average molecular weight is 392 g/mol. The molecule has 0 saturated heterocycles. The highest BCUT2D eigenvalue weighted by molar-refractivity contribution is 6.28. The van der Waals surface area contributed by atoms with Crippen LogP contribution in [0.25, 0.3) is 22.3 Å². The van der Waals surface area contributed by atoms with Crippen LogP contribution in [0.1, 0.15) is 25.5 Å². The van der Waals surface area contributed by atoms with E-state index >= 15 is 0 Å². The minimum Gasteiger partial charge on any atom is -0.353 e. The first-order valence-electron chi connectivity index (χ1n) is 9.28. The van der Waals surface area contributed by atoms with E-state index in [1.54, 1.807) is 6.33 Å². The van der Waals surface area contributed by atoms with Gasteiger partial charge in [-0.2, -0.15) is 9.97 Å². The lowest BCUT2D eigenvalue weighted by Gasteiger charge is -2.19. The minimum atomic E-state index is 0.233. The lowest BCUT2D eigenvalue weighted by molar-refractivity contribution is 0.612. The van der Waals surface area contributed by atoms with Crippen LogP contribution in [0.15, 0.2) is 60.9 Å². The van der Waals surface area contributed by atoms with Gasteiger partial charge in [-0.05, 0) is 42.1 Å². The average Bonchev–Trinajstić information content (AvgIpc) is 3.12. The van der Waals surface area contributed by atoms with Gasteiger partial charge in [-0.1, -0.05) is 54.6 Å². The van der Waals surface area contributed by atoms with E-state index < -0.39 is 0 Å². The van der Waals surface area contributed by atoms with E-state index in [9.17, 15) is 0 Å². The van der Waals surface area contributed by atoms with Crippen molar-refractivity contribution < 1.29 is 0 Å². The number of nitrogens with zero attached hydrogens (tertiary/aromatic N) is 5. The summed E-state index contributed by atoms with van der Waals surface area (Å²) in [5, 5.41) is 0.233. The van der Waals surface area contributed by atoms with Crippen molar-refractivity contribution in [3.63, 3.8) is 0 Å². The molecule has 4 rings (SSSR count). The summed E-state index contributed by atoms with van der Waals surface area (Å²) in [6.07, 6.45) is 1.80. The van der Waals surface area contributed by atoms with Gasteiger partial charge in [-0.3, -0.25) is 0 Å². The molecule has 28 heavy (non-hydrogen) atoms. The van der Waals surface area contributed by atoms with E-state index in [1.165, 1.54) is 16.7 Å². The fourth-order valence-electron chi connectivity index (χ4n) is 3.30. The highest BCUT2D eigenvalue weighted by atomic mass is 35.5. The predicted molar refractivity (Wildman–Crippen MR) is 115 cm³/mol. The fourth-order valence-corrected chi connectivity index (χ4v) is 3.46. The van der Waals surface area contributed by atoms with Crippen LogP contribution >= 0.6 is 11.6 Å². The number of benzene rings is 2. The summed E-state index contributed by atoms with van der Waals surface area (Å²) in [5.41, 5.74) is 5.13. The molecule has 2 heterocycles. The van der Waals surface area contributed by atoms with Crippen molar-refractivity contribution >= 4 is 28.6 Å². The molecule has 0 fully saturated rings. The van der Waals surface area contributed by atoms with Crippen LogP contribution in [0.3, 0.4) is 0 Å². The summed E-state index contributed by atoms with van der Waals surface area (Å²) in [5.74, 6) is 0.738. The summed E-state index contributed by atoms with van der Waals surface area (Å²) in [6, 6.07) is 19.2. The summed E-state index contributed by atoms with van der Waals surface area (Å²) in [7, 11) is 2.00. The van der Waals surface area contributed by atoms with Crippen LogP contribution in [0, 0.1) is 0 Å². The largest absolute Gasteiger partial charge is 0.353 e. The van der Waals surface area contributed by atoms with Gasteiger partial charge in [-0.15, -0.1) is 0 Å². The zero-order valence-corrected chi connectivity index (χ0v) is 16.9. The molecule has 0 spiro atoms. The molecule has 6 heteroatoms. The standard InChI is InChI=1S/C22H22ClN5/c1-15(2)28-14-24-19-20(25-22(23)26-21(19)28)27(3)13-16-9-11-18(12-10-16)17-7-5-4-6-8-17/h4-12,14-15H,13H2,1-3H3. The maximum Gasteiger partial charge on any atom is 0.226 e. The van der Waals surface area contributed by atoms with E-state index in [0.29, 0.717) is 6.54 Å². The zero-order chi connectivity index (χ0) is 19.7. The van der Waals surface area contributed by atoms with Crippen LogP contribution in [-0.4, -0.2) is 26.6 Å². The molecule has 0 unspecified atom stereocenters. The molecule has 2 aromatic heterocycles. The van der Waals surface area contributed by atoms with E-state index in [-0.39, 0.29) is 11.3 Å². The molecular formula is C22H22ClN5. The summed E-state index contributed by atoms with van der Waals surface area (Å²) < 4.78 is 2.01. The van der Waals surface area contributed by atoms with Crippen molar-refractivity contribution in [2.45, 2.75) is 26.4 Å². The molecule has 0 aliphatic heterocycles. The molecule has 0 aliphatic rings. The second-order valence-electron chi connectivity index (χ2n) is 7.15. The molecular weight excluding hydrogens is 370 g/mol. The number of halogens is 1. The van der Waals surface area contributed by atoms with Gasteiger partial charge in [0.25, 0.3) is 0 Å². The maximum absolute atomic E-state index is 6.20. The van der Waals surface area contributed by atoms with Crippen molar-refractivity contribution in [3.05, 3.63) is 71.8 Å². The van der Waals surface area contributed by atoms with Gasteiger partial charge in [0, 0.05) is 19.6 Å². The molecule has 0 atom stereocenters. The smallest absolute Gasteiger partial charge is 0.226 e. The first-order chi connectivity index (χ1) is 13.5. The highest BCUT2D eigenvalue weighted by Crippen LogP contribution is 2.27. The molecule has 0 aliphatic carbocycles. The third-order valence-electron chi connectivity index (χ3n) is 4.77. The van der Waals surface area contributed by atoms with Crippen LogP contribution in [0.5, 0.6) is 0 Å². The van der Waals surface area contributed by atoms with Gasteiger partial charge in [0.2, 0.25) is 5.28 Å². The fraction of sp³-hybridized carbons (Fsp3) is 0.227. The van der Waals surface area contributed by atoms with Crippen molar-refractivity contribution in [1.82, 2.24) is 19.5 Å². The van der Waals surface area contributed by atoms with E-state index in [2.05, 4.69) is 82.2 Å². The van der Waals surface area contributed by atoms with Crippen LogP contribution in [0.4, 0.5) is 5.82 Å². The van der Waals surface area contributed by atoms with Gasteiger partial charge in [0.1, 0.15) is 0 Å². The molecule has 4 aromatic rings. The number of imidazole rings is 1. The molecule has 5 nitrogen and oxygen atoms in total. The second kappa shape index (κ2) is 7.60. The van der Waals surface area contributed by atoms with E-state index in [0.717, 1.165) is 17.0 Å². The molecule has 0 bridgehead atoms. The van der Waals surface area contributed by atoms with Crippen molar-refractivity contribution in [2.24, 2.45) is 0 Å². The Bertz CT molecular complexity index is 1090. The summed E-state index contributed by atoms with van der Waals surface area (Å²) >= 11 is 6.20. The van der Waals surface area contributed by atoms with Crippen molar-refractivity contribution in [2.75, 3.05) is 11.9 Å². The van der Waals surface area contributed by atoms with Crippen LogP contribution < -0.4 is 4.90 Å². The maximum atomic E-state index is 6.20. The lowest BCUT2D eigenvalue weighted by atomic mass is 10.0. The Morgan fingerprint density at radius 1 is 0.964 bits per heavy atom. The molecule has 0 saturated carbocycles. The topological polar surface area (TPSA) is 46.8 Å². The Morgan fingerprint density at radius 3 is 2.32 bits per heavy atom. The van der Waals surface area contributed by atoms with Gasteiger partial charge in [0.15, 0.2) is 17.0 Å². The van der Waals surface area contributed by atoms with Gasteiger partial charge in [-0.25, -0.2) is 4.98 Å². The summed E-state index contributed by atoms with van der Waals surface area (Å²) in [4.78, 5) is 15.4. The molecule has 0 amide bonds. The predicted octanol–water partition coefficient (Wildman–Crippen LogP) is 5.36. The number of fused-ring (bicyclic) bond motifs is 1. The number of anilines is 1. The monoisotopic (exact) mass is 391 g/mol. The molecule has 2 aromatic carbocycles. The Labute approximate surface area is 169 Å². The Morgan fingerprint density at radius 2 is 1.64 bits per heavy atom. The Hall–Kier alpha value is -2.92.